The molecule has 2 aromatic carbocycles. The average molecular weight is 373 g/mol. The first kappa shape index (κ1) is 17.7. The quantitative estimate of drug-likeness (QED) is 0.552. The molecule has 0 aliphatic heterocycles. The van der Waals surface area contributed by atoms with Crippen LogP contribution in [0.1, 0.15) is 17.3 Å². The number of rotatable bonds is 5. The maximum Gasteiger partial charge on any atom is 0.230 e. The molecule has 4 rings (SSSR count). The molecular weight excluding hydrogens is 354 g/mol. The van der Waals surface area contributed by atoms with Gasteiger partial charge in [0.05, 0.1) is 12.1 Å². The third-order valence-corrected chi connectivity index (χ3v) is 4.24. The lowest BCUT2D eigenvalue weighted by Crippen LogP contribution is -2.15. The Kier molecular flexibility index (Phi) is 4.72. The van der Waals surface area contributed by atoms with E-state index in [0.29, 0.717) is 28.9 Å². The molecule has 7 heteroatoms. The Labute approximate surface area is 161 Å². The molecule has 2 aromatic heterocycles. The minimum atomic E-state index is -0.167. The Bertz CT molecular complexity index is 1110. The Morgan fingerprint density at radius 1 is 1.04 bits per heavy atom. The second kappa shape index (κ2) is 7.48. The van der Waals surface area contributed by atoms with Gasteiger partial charge in [-0.2, -0.15) is 5.10 Å². The summed E-state index contributed by atoms with van der Waals surface area (Å²) in [6.07, 6.45) is 0.131. The summed E-state index contributed by atoms with van der Waals surface area (Å²) in [6.45, 7) is 3.65. The molecule has 0 radical (unpaired) electrons. The Morgan fingerprint density at radius 2 is 1.82 bits per heavy atom. The smallest absolute Gasteiger partial charge is 0.230 e. The number of anilines is 1. The third-order valence-electron chi connectivity index (χ3n) is 4.24. The Hall–Kier alpha value is -3.74. The van der Waals surface area contributed by atoms with Crippen molar-refractivity contribution in [2.45, 2.75) is 20.3 Å². The average Bonchev–Trinajstić information content (AvgIpc) is 3.29. The lowest BCUT2D eigenvalue weighted by atomic mass is 10.2. The number of hydrogen-bond acceptors (Lipinski definition) is 5. The van der Waals surface area contributed by atoms with Gasteiger partial charge in [-0.05, 0) is 38.1 Å². The molecule has 0 atom stereocenters. The van der Waals surface area contributed by atoms with Gasteiger partial charge in [0.2, 0.25) is 11.8 Å². The molecule has 7 nitrogen and oxygen atoms in total. The summed E-state index contributed by atoms with van der Waals surface area (Å²) in [4.78, 5) is 21.3. The molecule has 2 N–H and O–H groups in total. The Balaban J connectivity index is 1.47. The van der Waals surface area contributed by atoms with Crippen LogP contribution in [0.25, 0.3) is 22.8 Å². The summed E-state index contributed by atoms with van der Waals surface area (Å²) in [5, 5.41) is 9.86. The van der Waals surface area contributed by atoms with E-state index in [1.807, 2.05) is 68.4 Å². The highest BCUT2D eigenvalue weighted by atomic mass is 16.4. The van der Waals surface area contributed by atoms with E-state index in [-0.39, 0.29) is 12.3 Å². The van der Waals surface area contributed by atoms with Gasteiger partial charge in [0.15, 0.2) is 5.82 Å². The minimum absolute atomic E-state index is 0.131. The number of hydrogen-bond donors (Lipinski definition) is 2. The van der Waals surface area contributed by atoms with Crippen LogP contribution in [0.3, 0.4) is 0 Å². The number of aryl methyl sites for hydroxylation is 2. The van der Waals surface area contributed by atoms with Gasteiger partial charge in [-0.15, -0.1) is 0 Å². The molecular formula is C21H19N5O2. The summed E-state index contributed by atoms with van der Waals surface area (Å²) < 4.78 is 5.72. The van der Waals surface area contributed by atoms with Gasteiger partial charge < -0.3 is 9.73 Å². The summed E-state index contributed by atoms with van der Waals surface area (Å²) in [5.74, 6) is 2.31. The Morgan fingerprint density at radius 3 is 2.57 bits per heavy atom. The van der Waals surface area contributed by atoms with Crippen LogP contribution in [0.5, 0.6) is 0 Å². The number of nitrogens with one attached hydrogen (secondary N) is 2. The molecule has 28 heavy (non-hydrogen) atoms. The molecule has 4 aromatic rings. The molecule has 0 fully saturated rings. The van der Waals surface area contributed by atoms with Crippen molar-refractivity contribution in [3.05, 3.63) is 71.9 Å². The first-order valence-corrected chi connectivity index (χ1v) is 8.89. The fraction of sp³-hybridized carbons (Fsp3) is 0.143. The van der Waals surface area contributed by atoms with Gasteiger partial charge in [-0.3, -0.25) is 9.89 Å². The number of aromatic amines is 1. The molecule has 0 saturated carbocycles. The number of nitrogens with zero attached hydrogens (tertiary/aromatic N) is 3. The van der Waals surface area contributed by atoms with Gasteiger partial charge in [0, 0.05) is 16.8 Å². The third kappa shape index (κ3) is 3.83. The molecule has 1 amide bonds. The predicted octanol–water partition coefficient (Wildman–Crippen LogP) is 3.92. The summed E-state index contributed by atoms with van der Waals surface area (Å²) in [5.41, 5.74) is 3.00. The van der Waals surface area contributed by atoms with Crippen molar-refractivity contribution < 1.29 is 9.21 Å². The largest absolute Gasteiger partial charge is 0.441 e. The van der Waals surface area contributed by atoms with Crippen LogP contribution < -0.4 is 5.32 Å². The number of H-pyrrole nitrogens is 1. The van der Waals surface area contributed by atoms with Crippen LogP contribution in [-0.4, -0.2) is 26.1 Å². The fourth-order valence-electron chi connectivity index (χ4n) is 2.86. The lowest BCUT2D eigenvalue weighted by molar-refractivity contribution is -0.115. The normalized spacial score (nSPS) is 10.8. The maximum absolute atomic E-state index is 12.5. The van der Waals surface area contributed by atoms with Gasteiger partial charge in [0.1, 0.15) is 11.6 Å². The first-order valence-electron chi connectivity index (χ1n) is 8.89. The highest BCUT2D eigenvalue weighted by Crippen LogP contribution is 2.23. The van der Waals surface area contributed by atoms with E-state index in [9.17, 15) is 4.79 Å². The summed E-state index contributed by atoms with van der Waals surface area (Å²) in [6, 6.07) is 17.0. The van der Waals surface area contributed by atoms with Gasteiger partial charge >= 0.3 is 0 Å². The van der Waals surface area contributed by atoms with Gasteiger partial charge in [-0.25, -0.2) is 9.97 Å². The first-order chi connectivity index (χ1) is 13.6. The van der Waals surface area contributed by atoms with Gasteiger partial charge in [-0.1, -0.05) is 30.3 Å². The van der Waals surface area contributed by atoms with E-state index in [1.54, 1.807) is 0 Å². The zero-order valence-corrected chi connectivity index (χ0v) is 15.6. The maximum atomic E-state index is 12.5. The fourth-order valence-corrected chi connectivity index (χ4v) is 2.86. The lowest BCUT2D eigenvalue weighted by Gasteiger charge is -2.05. The highest BCUT2D eigenvalue weighted by molar-refractivity contribution is 5.92. The molecule has 0 unspecified atom stereocenters. The standard InChI is InChI=1S/C21H19N5O2/c1-13-18(24-21(28-13)15-7-4-3-5-8-15)12-19(27)23-17-10-6-9-16(11-17)20-22-14(2)25-26-20/h3-11H,12H2,1-2H3,(H,23,27)(H,22,25,26). The van der Waals surface area contributed by atoms with Crippen LogP contribution in [0, 0.1) is 13.8 Å². The second-order valence-electron chi connectivity index (χ2n) is 6.44. The van der Waals surface area contributed by atoms with E-state index in [0.717, 1.165) is 17.0 Å². The van der Waals surface area contributed by atoms with E-state index in [2.05, 4.69) is 25.5 Å². The zero-order chi connectivity index (χ0) is 19.5. The molecule has 0 aliphatic rings. The van der Waals surface area contributed by atoms with Crippen molar-refractivity contribution in [2.75, 3.05) is 5.32 Å². The van der Waals surface area contributed by atoms with Crippen LogP contribution in [0.15, 0.2) is 59.0 Å². The summed E-state index contributed by atoms with van der Waals surface area (Å²) >= 11 is 0. The zero-order valence-electron chi connectivity index (χ0n) is 15.6. The number of amides is 1. The molecule has 0 bridgehead atoms. The number of aromatic nitrogens is 4. The molecule has 0 aliphatic carbocycles. The van der Waals surface area contributed by atoms with Gasteiger partial charge in [0.25, 0.3) is 0 Å². The predicted molar refractivity (Wildman–Crippen MR) is 106 cm³/mol. The van der Waals surface area contributed by atoms with Crippen molar-refractivity contribution in [2.24, 2.45) is 0 Å². The van der Waals surface area contributed by atoms with Crippen LogP contribution in [-0.2, 0) is 11.2 Å². The van der Waals surface area contributed by atoms with Crippen LogP contribution in [0.4, 0.5) is 5.69 Å². The van der Waals surface area contributed by atoms with Crippen molar-refractivity contribution in [1.29, 1.82) is 0 Å². The molecule has 2 heterocycles. The monoisotopic (exact) mass is 373 g/mol. The van der Waals surface area contributed by atoms with Crippen LogP contribution >= 0.6 is 0 Å². The number of benzene rings is 2. The molecule has 0 spiro atoms. The van der Waals surface area contributed by atoms with E-state index < -0.39 is 0 Å². The topological polar surface area (TPSA) is 96.7 Å². The second-order valence-corrected chi connectivity index (χ2v) is 6.44. The van der Waals surface area contributed by atoms with E-state index >= 15 is 0 Å². The van der Waals surface area contributed by atoms with Crippen molar-refractivity contribution in [3.63, 3.8) is 0 Å². The highest BCUT2D eigenvalue weighted by Gasteiger charge is 2.15. The number of oxazole rings is 1. The SMILES string of the molecule is Cc1nc(-c2cccc(NC(=O)Cc3nc(-c4ccccc4)oc3C)c2)n[nH]1. The van der Waals surface area contributed by atoms with Crippen molar-refractivity contribution in [1.82, 2.24) is 20.2 Å². The van der Waals surface area contributed by atoms with E-state index in [4.69, 9.17) is 4.42 Å². The van der Waals surface area contributed by atoms with Crippen LogP contribution in [0.2, 0.25) is 0 Å². The minimum Gasteiger partial charge on any atom is -0.441 e. The number of carbonyl (C=O) groups excluding carboxylic acids is 1. The number of carbonyl (C=O) groups is 1. The summed E-state index contributed by atoms with van der Waals surface area (Å²) in [7, 11) is 0. The van der Waals surface area contributed by atoms with Crippen molar-refractivity contribution >= 4 is 11.6 Å². The van der Waals surface area contributed by atoms with E-state index in [1.165, 1.54) is 0 Å². The molecule has 140 valence electrons. The molecule has 0 saturated heterocycles. The van der Waals surface area contributed by atoms with Crippen molar-refractivity contribution in [3.8, 4) is 22.8 Å².